The van der Waals surface area contributed by atoms with E-state index in [1.54, 1.807) is 6.07 Å². The van der Waals surface area contributed by atoms with Crippen LogP contribution in [0.3, 0.4) is 0 Å². The van der Waals surface area contributed by atoms with Gasteiger partial charge in [-0.2, -0.15) is 0 Å². The molecule has 1 heterocycles. The van der Waals surface area contributed by atoms with E-state index in [-0.39, 0.29) is 6.61 Å². The number of aliphatic hydroxyl groups is 1. The fourth-order valence-electron chi connectivity index (χ4n) is 1.54. The van der Waals surface area contributed by atoms with Crippen LogP contribution in [0.5, 0.6) is 0 Å². The molecular weight excluding hydrogens is 188 g/mol. The summed E-state index contributed by atoms with van der Waals surface area (Å²) in [5, 5.41) is 9.79. The molecule has 0 unspecified atom stereocenters. The number of ether oxygens (including phenoxy) is 1. The second-order valence-electron chi connectivity index (χ2n) is 3.20. The summed E-state index contributed by atoms with van der Waals surface area (Å²) in [7, 11) is 0. The lowest BCUT2D eigenvalue weighted by molar-refractivity contribution is 0.00770. The summed E-state index contributed by atoms with van der Waals surface area (Å²) < 4.78 is 5.10. The zero-order chi connectivity index (χ0) is 9.26. The smallest absolute Gasteiger partial charge is 0.0699 e. The first kappa shape index (κ1) is 9.00. The maximum absolute atomic E-state index is 9.14. The molecule has 2 nitrogen and oxygen atoms in total. The van der Waals surface area contributed by atoms with E-state index in [1.165, 1.54) is 0 Å². The number of hydrogen-bond donors (Lipinski definition) is 1. The number of benzene rings is 1. The average Bonchev–Trinajstić information content (AvgIpc) is 2.01. The number of aliphatic hydroxyl groups excluding tert-OH is 1. The fourth-order valence-corrected chi connectivity index (χ4v) is 1.78. The van der Waals surface area contributed by atoms with Gasteiger partial charge in [0.2, 0.25) is 0 Å². The molecular formula is C10H11ClO2. The molecule has 0 aromatic heterocycles. The first-order valence-corrected chi connectivity index (χ1v) is 4.66. The van der Waals surface area contributed by atoms with Crippen LogP contribution in [0, 0.1) is 0 Å². The Labute approximate surface area is 82.1 Å². The average molecular weight is 199 g/mol. The molecule has 1 aromatic carbocycles. The second kappa shape index (κ2) is 3.66. The van der Waals surface area contributed by atoms with Gasteiger partial charge >= 0.3 is 0 Å². The van der Waals surface area contributed by atoms with Crippen LogP contribution in [0.15, 0.2) is 18.2 Å². The Kier molecular flexibility index (Phi) is 2.54. The number of halogens is 1. The van der Waals surface area contributed by atoms with E-state index < -0.39 is 0 Å². The predicted molar refractivity (Wildman–Crippen MR) is 50.9 cm³/mol. The summed E-state index contributed by atoms with van der Waals surface area (Å²) in [6, 6.07) is 5.72. The van der Waals surface area contributed by atoms with Crippen LogP contribution in [-0.4, -0.2) is 18.3 Å². The minimum Gasteiger partial charge on any atom is -0.392 e. The SMILES string of the molecule is OCc1c(Cl)cccc1C1COC1. The van der Waals surface area contributed by atoms with Crippen LogP contribution in [0.1, 0.15) is 17.0 Å². The minimum absolute atomic E-state index is 0.00546. The zero-order valence-corrected chi connectivity index (χ0v) is 7.92. The summed E-state index contributed by atoms with van der Waals surface area (Å²) in [5.74, 6) is 0.417. The zero-order valence-electron chi connectivity index (χ0n) is 7.16. The molecule has 1 aliphatic rings. The topological polar surface area (TPSA) is 29.5 Å². The quantitative estimate of drug-likeness (QED) is 0.787. The maximum Gasteiger partial charge on any atom is 0.0699 e. The van der Waals surface area contributed by atoms with Gasteiger partial charge in [0.1, 0.15) is 0 Å². The normalized spacial score (nSPS) is 17.1. The van der Waals surface area contributed by atoms with Crippen molar-refractivity contribution in [2.45, 2.75) is 12.5 Å². The Hall–Kier alpha value is -0.570. The van der Waals surface area contributed by atoms with Gasteiger partial charge in [-0.15, -0.1) is 0 Å². The molecule has 1 saturated heterocycles. The van der Waals surface area contributed by atoms with Gasteiger partial charge < -0.3 is 9.84 Å². The van der Waals surface area contributed by atoms with Crippen LogP contribution < -0.4 is 0 Å². The molecule has 1 fully saturated rings. The lowest BCUT2D eigenvalue weighted by Gasteiger charge is -2.28. The van der Waals surface area contributed by atoms with Crippen LogP contribution in [0.2, 0.25) is 5.02 Å². The van der Waals surface area contributed by atoms with Gasteiger partial charge in [0, 0.05) is 10.9 Å². The van der Waals surface area contributed by atoms with Gasteiger partial charge in [-0.25, -0.2) is 0 Å². The van der Waals surface area contributed by atoms with Gasteiger partial charge in [0.05, 0.1) is 19.8 Å². The van der Waals surface area contributed by atoms with Crippen molar-refractivity contribution in [1.82, 2.24) is 0 Å². The van der Waals surface area contributed by atoms with Crippen molar-refractivity contribution in [1.29, 1.82) is 0 Å². The van der Waals surface area contributed by atoms with Crippen molar-refractivity contribution in [3.63, 3.8) is 0 Å². The molecule has 0 amide bonds. The highest BCUT2D eigenvalue weighted by Gasteiger charge is 2.23. The molecule has 0 radical (unpaired) electrons. The van der Waals surface area contributed by atoms with E-state index >= 15 is 0 Å². The second-order valence-corrected chi connectivity index (χ2v) is 3.61. The van der Waals surface area contributed by atoms with Crippen LogP contribution in [0.25, 0.3) is 0 Å². The Morgan fingerprint density at radius 1 is 1.46 bits per heavy atom. The molecule has 1 aromatic rings. The van der Waals surface area contributed by atoms with E-state index in [1.807, 2.05) is 12.1 Å². The van der Waals surface area contributed by atoms with Gasteiger partial charge in [-0.05, 0) is 17.2 Å². The van der Waals surface area contributed by atoms with Crippen LogP contribution in [0.4, 0.5) is 0 Å². The van der Waals surface area contributed by atoms with Crippen molar-refractivity contribution >= 4 is 11.6 Å². The molecule has 0 saturated carbocycles. The molecule has 0 bridgehead atoms. The molecule has 2 rings (SSSR count). The third kappa shape index (κ3) is 1.57. The third-order valence-electron chi connectivity index (χ3n) is 2.39. The molecule has 0 spiro atoms. The fraction of sp³-hybridized carbons (Fsp3) is 0.400. The first-order chi connectivity index (χ1) is 6.33. The predicted octanol–water partition coefficient (Wildman–Crippen LogP) is 1.95. The van der Waals surface area contributed by atoms with Crippen molar-refractivity contribution in [3.8, 4) is 0 Å². The van der Waals surface area contributed by atoms with E-state index in [4.69, 9.17) is 21.4 Å². The Morgan fingerprint density at radius 3 is 2.77 bits per heavy atom. The molecule has 70 valence electrons. The highest BCUT2D eigenvalue weighted by Crippen LogP contribution is 2.30. The Morgan fingerprint density at radius 2 is 2.23 bits per heavy atom. The van der Waals surface area contributed by atoms with E-state index in [0.29, 0.717) is 10.9 Å². The van der Waals surface area contributed by atoms with Crippen molar-refractivity contribution < 1.29 is 9.84 Å². The standard InChI is InChI=1S/C10H11ClO2/c11-10-3-1-2-8(9(10)4-12)7-5-13-6-7/h1-3,7,12H,4-6H2. The van der Waals surface area contributed by atoms with Crippen molar-refractivity contribution in [2.75, 3.05) is 13.2 Å². The molecule has 1 aliphatic heterocycles. The third-order valence-corrected chi connectivity index (χ3v) is 2.75. The Balaban J connectivity index is 2.37. The highest BCUT2D eigenvalue weighted by atomic mass is 35.5. The highest BCUT2D eigenvalue weighted by molar-refractivity contribution is 6.31. The molecule has 1 N–H and O–H groups in total. The van der Waals surface area contributed by atoms with Crippen LogP contribution >= 0.6 is 11.6 Å². The summed E-state index contributed by atoms with van der Waals surface area (Å²) in [5.41, 5.74) is 1.97. The summed E-state index contributed by atoms with van der Waals surface area (Å²) in [6.07, 6.45) is 0. The molecule has 3 heteroatoms. The summed E-state index contributed by atoms with van der Waals surface area (Å²) >= 11 is 5.95. The van der Waals surface area contributed by atoms with Crippen molar-refractivity contribution in [2.24, 2.45) is 0 Å². The molecule has 13 heavy (non-hydrogen) atoms. The van der Waals surface area contributed by atoms with Gasteiger partial charge in [-0.3, -0.25) is 0 Å². The lowest BCUT2D eigenvalue weighted by Crippen LogP contribution is -2.26. The summed E-state index contributed by atoms with van der Waals surface area (Å²) in [4.78, 5) is 0. The lowest BCUT2D eigenvalue weighted by atomic mass is 9.93. The number of hydrogen-bond acceptors (Lipinski definition) is 2. The molecule has 0 aliphatic carbocycles. The van der Waals surface area contributed by atoms with E-state index in [0.717, 1.165) is 24.3 Å². The van der Waals surface area contributed by atoms with E-state index in [9.17, 15) is 0 Å². The van der Waals surface area contributed by atoms with E-state index in [2.05, 4.69) is 0 Å². The first-order valence-electron chi connectivity index (χ1n) is 4.29. The van der Waals surface area contributed by atoms with Gasteiger partial charge in [-0.1, -0.05) is 23.7 Å². The largest absolute Gasteiger partial charge is 0.392 e. The Bertz CT molecular complexity index is 308. The summed E-state index contributed by atoms with van der Waals surface area (Å²) in [6.45, 7) is 1.49. The molecule has 0 atom stereocenters. The van der Waals surface area contributed by atoms with Crippen LogP contribution in [-0.2, 0) is 11.3 Å². The monoisotopic (exact) mass is 198 g/mol. The van der Waals surface area contributed by atoms with Gasteiger partial charge in [0.25, 0.3) is 0 Å². The van der Waals surface area contributed by atoms with Gasteiger partial charge in [0.15, 0.2) is 0 Å². The number of rotatable bonds is 2. The van der Waals surface area contributed by atoms with Crippen molar-refractivity contribution in [3.05, 3.63) is 34.3 Å². The minimum atomic E-state index is 0.00546. The maximum atomic E-state index is 9.14.